The van der Waals surface area contributed by atoms with E-state index in [0.29, 0.717) is 29.6 Å². The molecule has 0 fully saturated rings. The third-order valence-corrected chi connectivity index (χ3v) is 2.61. The molecule has 1 heterocycles. The zero-order chi connectivity index (χ0) is 11.5. The van der Waals surface area contributed by atoms with Gasteiger partial charge in [-0.2, -0.15) is 0 Å². The summed E-state index contributed by atoms with van der Waals surface area (Å²) in [6.07, 6.45) is 1.05. The first kappa shape index (κ1) is 11.1. The lowest BCUT2D eigenvalue weighted by Gasteiger charge is -2.07. The van der Waals surface area contributed by atoms with Crippen molar-refractivity contribution in [2.24, 2.45) is 0 Å². The topological polar surface area (TPSA) is 38.1 Å². The maximum atomic E-state index is 12.9. The molecule has 0 aliphatic rings. The maximum absolute atomic E-state index is 12.9. The Balaban J connectivity index is 2.13. The van der Waals surface area contributed by atoms with Crippen molar-refractivity contribution in [1.29, 1.82) is 0 Å². The highest BCUT2D eigenvalue weighted by molar-refractivity contribution is 5.72. The molecule has 1 aromatic heterocycles. The summed E-state index contributed by atoms with van der Waals surface area (Å²) in [5.74, 6) is 0.308. The number of hydrogen-bond donors (Lipinski definition) is 1. The van der Waals surface area contributed by atoms with Gasteiger partial charge < -0.3 is 9.73 Å². The SMILES string of the molecule is CCC(C)NCc1nc2cc(F)ccc2o1. The average Bonchev–Trinajstić information content (AvgIpc) is 2.67. The van der Waals surface area contributed by atoms with E-state index in [2.05, 4.69) is 24.1 Å². The number of rotatable bonds is 4. The van der Waals surface area contributed by atoms with Gasteiger partial charge >= 0.3 is 0 Å². The van der Waals surface area contributed by atoms with Gasteiger partial charge in [0.05, 0.1) is 6.54 Å². The summed E-state index contributed by atoms with van der Waals surface area (Å²) in [7, 11) is 0. The van der Waals surface area contributed by atoms with E-state index in [1.54, 1.807) is 6.07 Å². The molecule has 0 spiro atoms. The summed E-state index contributed by atoms with van der Waals surface area (Å²) in [6, 6.07) is 4.78. The molecule has 4 heteroatoms. The van der Waals surface area contributed by atoms with E-state index in [1.807, 2.05) is 0 Å². The summed E-state index contributed by atoms with van der Waals surface area (Å²) in [5.41, 5.74) is 1.20. The number of fused-ring (bicyclic) bond motifs is 1. The van der Waals surface area contributed by atoms with Crippen molar-refractivity contribution in [1.82, 2.24) is 10.3 Å². The number of aromatic nitrogens is 1. The molecule has 0 radical (unpaired) electrons. The van der Waals surface area contributed by atoms with Crippen LogP contribution in [0.2, 0.25) is 0 Å². The van der Waals surface area contributed by atoms with E-state index < -0.39 is 0 Å². The summed E-state index contributed by atoms with van der Waals surface area (Å²) in [5, 5.41) is 3.27. The van der Waals surface area contributed by atoms with Gasteiger partial charge in [0.25, 0.3) is 0 Å². The van der Waals surface area contributed by atoms with Crippen molar-refractivity contribution in [2.75, 3.05) is 0 Å². The van der Waals surface area contributed by atoms with Gasteiger partial charge in [-0.15, -0.1) is 0 Å². The Kier molecular flexibility index (Phi) is 3.19. The van der Waals surface area contributed by atoms with Gasteiger partial charge in [-0.05, 0) is 25.5 Å². The molecule has 1 unspecified atom stereocenters. The fourth-order valence-electron chi connectivity index (χ4n) is 1.43. The Bertz CT molecular complexity index is 481. The highest BCUT2D eigenvalue weighted by Gasteiger charge is 2.07. The van der Waals surface area contributed by atoms with Gasteiger partial charge in [0.15, 0.2) is 5.58 Å². The molecular formula is C12H15FN2O. The molecule has 0 amide bonds. The van der Waals surface area contributed by atoms with Gasteiger partial charge in [-0.1, -0.05) is 6.92 Å². The minimum atomic E-state index is -0.290. The molecule has 0 aliphatic carbocycles. The van der Waals surface area contributed by atoms with Crippen molar-refractivity contribution < 1.29 is 8.81 Å². The van der Waals surface area contributed by atoms with E-state index in [0.717, 1.165) is 6.42 Å². The fraction of sp³-hybridized carbons (Fsp3) is 0.417. The minimum absolute atomic E-state index is 0.290. The predicted molar refractivity (Wildman–Crippen MR) is 60.6 cm³/mol. The number of benzene rings is 1. The van der Waals surface area contributed by atoms with Crippen LogP contribution >= 0.6 is 0 Å². The lowest BCUT2D eigenvalue weighted by atomic mass is 10.3. The first-order valence-corrected chi connectivity index (χ1v) is 5.47. The molecule has 0 bridgehead atoms. The van der Waals surface area contributed by atoms with Gasteiger partial charge in [0.1, 0.15) is 11.3 Å². The van der Waals surface area contributed by atoms with Crippen LogP contribution in [0.25, 0.3) is 11.1 Å². The Morgan fingerprint density at radius 3 is 3.06 bits per heavy atom. The second-order valence-electron chi connectivity index (χ2n) is 3.91. The van der Waals surface area contributed by atoms with Gasteiger partial charge in [0, 0.05) is 12.1 Å². The van der Waals surface area contributed by atoms with Crippen molar-refractivity contribution >= 4 is 11.1 Å². The lowest BCUT2D eigenvalue weighted by Crippen LogP contribution is -2.24. The van der Waals surface area contributed by atoms with E-state index in [4.69, 9.17) is 4.42 Å². The van der Waals surface area contributed by atoms with Crippen molar-refractivity contribution in [3.05, 3.63) is 29.9 Å². The maximum Gasteiger partial charge on any atom is 0.209 e. The monoisotopic (exact) mass is 222 g/mol. The zero-order valence-electron chi connectivity index (χ0n) is 9.46. The molecule has 86 valence electrons. The molecule has 0 aliphatic heterocycles. The molecule has 0 saturated carbocycles. The first-order valence-electron chi connectivity index (χ1n) is 5.47. The van der Waals surface area contributed by atoms with E-state index >= 15 is 0 Å². The molecule has 1 atom stereocenters. The van der Waals surface area contributed by atoms with Crippen LogP contribution in [0.4, 0.5) is 4.39 Å². The van der Waals surface area contributed by atoms with Gasteiger partial charge in [-0.25, -0.2) is 9.37 Å². The van der Waals surface area contributed by atoms with Crippen LogP contribution in [0.1, 0.15) is 26.2 Å². The van der Waals surface area contributed by atoms with E-state index in [-0.39, 0.29) is 5.82 Å². The Morgan fingerprint density at radius 1 is 1.50 bits per heavy atom. The standard InChI is InChI=1S/C12H15FN2O/c1-3-8(2)14-7-12-15-10-6-9(13)4-5-11(10)16-12/h4-6,8,14H,3,7H2,1-2H3. The molecule has 0 saturated heterocycles. The predicted octanol–water partition coefficient (Wildman–Crippen LogP) is 2.86. The van der Waals surface area contributed by atoms with E-state index in [1.165, 1.54) is 12.1 Å². The number of nitrogens with zero attached hydrogens (tertiary/aromatic N) is 1. The summed E-state index contributed by atoms with van der Waals surface area (Å²) in [4.78, 5) is 4.21. The molecule has 1 N–H and O–H groups in total. The smallest absolute Gasteiger partial charge is 0.209 e. The molecule has 1 aromatic carbocycles. The van der Waals surface area contributed by atoms with Crippen LogP contribution in [-0.2, 0) is 6.54 Å². The van der Waals surface area contributed by atoms with Crippen molar-refractivity contribution in [3.63, 3.8) is 0 Å². The second-order valence-corrected chi connectivity index (χ2v) is 3.91. The Labute approximate surface area is 93.7 Å². The van der Waals surface area contributed by atoms with Crippen molar-refractivity contribution in [3.8, 4) is 0 Å². The Morgan fingerprint density at radius 2 is 2.31 bits per heavy atom. The summed E-state index contributed by atoms with van der Waals surface area (Å²) >= 11 is 0. The molecule has 2 rings (SSSR count). The third-order valence-electron chi connectivity index (χ3n) is 2.61. The van der Waals surface area contributed by atoms with E-state index in [9.17, 15) is 4.39 Å². The summed E-state index contributed by atoms with van der Waals surface area (Å²) < 4.78 is 18.4. The van der Waals surface area contributed by atoms with Crippen LogP contribution in [0, 0.1) is 5.82 Å². The zero-order valence-corrected chi connectivity index (χ0v) is 9.46. The van der Waals surface area contributed by atoms with Gasteiger partial charge in [-0.3, -0.25) is 0 Å². The molecule has 16 heavy (non-hydrogen) atoms. The lowest BCUT2D eigenvalue weighted by molar-refractivity contribution is 0.455. The van der Waals surface area contributed by atoms with Crippen LogP contribution in [0.15, 0.2) is 22.6 Å². The average molecular weight is 222 g/mol. The molecular weight excluding hydrogens is 207 g/mol. The Hall–Kier alpha value is -1.42. The fourth-order valence-corrected chi connectivity index (χ4v) is 1.43. The number of oxazole rings is 1. The van der Waals surface area contributed by atoms with Crippen LogP contribution < -0.4 is 5.32 Å². The molecule has 3 nitrogen and oxygen atoms in total. The van der Waals surface area contributed by atoms with Gasteiger partial charge in [0.2, 0.25) is 5.89 Å². The minimum Gasteiger partial charge on any atom is -0.439 e. The second kappa shape index (κ2) is 4.61. The van der Waals surface area contributed by atoms with Crippen LogP contribution in [0.5, 0.6) is 0 Å². The number of halogens is 1. The highest BCUT2D eigenvalue weighted by atomic mass is 19.1. The number of hydrogen-bond acceptors (Lipinski definition) is 3. The normalized spacial score (nSPS) is 13.2. The molecule has 2 aromatic rings. The van der Waals surface area contributed by atoms with Crippen LogP contribution in [0.3, 0.4) is 0 Å². The highest BCUT2D eigenvalue weighted by Crippen LogP contribution is 2.16. The first-order chi connectivity index (χ1) is 7.69. The summed E-state index contributed by atoms with van der Waals surface area (Å²) in [6.45, 7) is 4.78. The van der Waals surface area contributed by atoms with Crippen LogP contribution in [-0.4, -0.2) is 11.0 Å². The number of nitrogens with one attached hydrogen (secondary N) is 1. The third kappa shape index (κ3) is 2.39. The largest absolute Gasteiger partial charge is 0.439 e. The van der Waals surface area contributed by atoms with Crippen molar-refractivity contribution in [2.45, 2.75) is 32.9 Å². The quantitative estimate of drug-likeness (QED) is 0.864.